The Kier molecular flexibility index (Phi) is 29.1. The van der Waals surface area contributed by atoms with Gasteiger partial charge in [-0.15, -0.1) is 21.9 Å². The molecule has 0 heterocycles. The molecule has 0 amide bonds. The third-order valence-electron chi connectivity index (χ3n) is 16.5. The van der Waals surface area contributed by atoms with Gasteiger partial charge in [0.1, 0.15) is 29.4 Å². The minimum atomic E-state index is -8.89. The molecule has 0 saturated heterocycles. The van der Waals surface area contributed by atoms with Crippen LogP contribution in [-0.2, 0) is 38.9 Å². The molecular weight excluding hydrogens is 1680 g/mol. The molecule has 0 aliphatic rings. The van der Waals surface area contributed by atoms with Crippen LogP contribution in [-0.4, -0.2) is 99.3 Å². The molecule has 0 unspecified atom stereocenters. The van der Waals surface area contributed by atoms with Gasteiger partial charge >= 0.3 is 354 Å². The summed E-state index contributed by atoms with van der Waals surface area (Å²) >= 11 is -2.10. The van der Waals surface area contributed by atoms with Crippen molar-refractivity contribution in [1.29, 1.82) is 0 Å². The third kappa shape index (κ3) is 19.7. The molecule has 0 bridgehead atoms. The molecule has 0 fully saturated rings. The second kappa shape index (κ2) is 37.9. The summed E-state index contributed by atoms with van der Waals surface area (Å²) in [6, 6.07) is 53.9. The Balaban J connectivity index is 0.000000263. The Hall–Kier alpha value is -10.5. The van der Waals surface area contributed by atoms with Gasteiger partial charge in [-0.3, -0.25) is 0 Å². The number of benzene rings is 10. The molecule has 0 N–H and O–H groups in total. The molecule has 614 valence electrons. The Bertz CT molecular complexity index is 4460. The Morgan fingerprint density at radius 1 is 0.209 bits per heavy atom. The molecule has 0 aliphatic heterocycles. The molecule has 0 spiro atoms. The second-order valence-corrected chi connectivity index (χ2v) is 27.6. The summed E-state index contributed by atoms with van der Waals surface area (Å²) in [5.41, 5.74) is -38.1. The zero-order chi connectivity index (χ0) is 84.1. The van der Waals surface area contributed by atoms with E-state index in [1.807, 2.05) is 127 Å². The second-order valence-electron chi connectivity index (χ2n) is 23.5. The predicted molar refractivity (Wildman–Crippen MR) is 358 cm³/mol. The van der Waals surface area contributed by atoms with Crippen LogP contribution in [0.25, 0.3) is 0 Å². The predicted octanol–water partition coefficient (Wildman–Crippen LogP) is 16.0. The summed E-state index contributed by atoms with van der Waals surface area (Å²) in [4.78, 5) is 0. The van der Waals surface area contributed by atoms with Gasteiger partial charge in [0.05, 0.1) is 22.3 Å². The maximum atomic E-state index is 16.0. The fraction of sp³-hybridized carbons (Fsp3) is 0.211. The molecule has 10 aromatic rings. The first kappa shape index (κ1) is 88.5. The van der Waals surface area contributed by atoms with Crippen molar-refractivity contribution in [2.45, 2.75) is 24.7 Å². The van der Waals surface area contributed by atoms with Crippen molar-refractivity contribution in [1.82, 2.24) is 0 Å². The zero-order valence-electron chi connectivity index (χ0n) is 57.8. The van der Waals surface area contributed by atoms with Gasteiger partial charge in [0, 0.05) is 0 Å². The van der Waals surface area contributed by atoms with Crippen LogP contribution >= 0.6 is 0 Å². The molecular formula is C76H51BF28O9Se. The van der Waals surface area contributed by atoms with E-state index in [9.17, 15) is 87.8 Å². The van der Waals surface area contributed by atoms with Gasteiger partial charge in [-0.25, -0.2) is 70.2 Å². The van der Waals surface area contributed by atoms with E-state index in [1.54, 1.807) is 0 Å². The van der Waals surface area contributed by atoms with Crippen LogP contribution in [0.5, 0.6) is 34.5 Å². The van der Waals surface area contributed by atoms with E-state index in [0.717, 1.165) is 47.9 Å². The molecule has 9 nitrogen and oxygen atoms in total. The standard InChI is InChI=1S/C48H51O9Se.C28BF28/c1-4-16-40(17-5-1)52-34-28-49-31-37-55-43-22-10-13-25-46(43)58(47-26-14-11-23-44(47)56-38-32-50-29-35-53-41-18-6-2-7-19-41)48-27-15-12-24-45(48)57-39-33-51-30-36-54-42-20-8-3-9-21-42;30-9-1(25(46,47)48)5(13(34)21(42)17(9)38)29(6-2(26(49,50)51)10(31)18(39)22(43)14(6)35,7-3(27(52,53)54)11(32)19(40)23(44)15(7)36)8-4(28(55,56)57)12(33)20(41)24(45)16(8)37/h1-27H,28-39H2;/q+1;-1. The minimum absolute atomic E-state index is 0.383. The van der Waals surface area contributed by atoms with Crippen LogP contribution in [0.4, 0.5) is 123 Å². The SMILES string of the molecule is Fc1c(F)c(F)c(C(F)(F)F)c([B-](c2c(F)c(F)c(F)c(F)c2C(F)(F)F)(c2c(F)c(F)c(F)c(F)c2C(F)(F)F)c2c(F)c(F)c(F)c(F)c2C(F)(F)F)c1F.c1ccc(OCCOCCOc2ccccc2[Se+](c2ccccc2OCCOCCOc2ccccc2)c2ccccc2OCCOCCOc2ccccc2)cc1. The molecule has 0 saturated carbocycles. The van der Waals surface area contributed by atoms with Crippen LogP contribution in [0.3, 0.4) is 0 Å². The first-order valence-electron chi connectivity index (χ1n) is 33.0. The van der Waals surface area contributed by atoms with Crippen molar-refractivity contribution in [3.63, 3.8) is 0 Å². The molecule has 0 aromatic heterocycles. The van der Waals surface area contributed by atoms with Crippen LogP contribution in [0.2, 0.25) is 0 Å². The number of halogens is 28. The third-order valence-corrected chi connectivity index (χ3v) is 21.4. The number of alkyl halides is 12. The number of rotatable bonds is 31. The molecule has 0 atom stereocenters. The van der Waals surface area contributed by atoms with E-state index in [-0.39, 0.29) is 0 Å². The average molecular weight is 1730 g/mol. The molecule has 39 heteroatoms. The monoisotopic (exact) mass is 1730 g/mol. The van der Waals surface area contributed by atoms with Crippen LogP contribution in [0, 0.1) is 93.1 Å². The summed E-state index contributed by atoms with van der Waals surface area (Å²) in [6.45, 7) is 5.16. The van der Waals surface area contributed by atoms with E-state index < -0.39 is 182 Å². The quantitative estimate of drug-likeness (QED) is 0.0139. The van der Waals surface area contributed by atoms with E-state index in [4.69, 9.17) is 42.6 Å². The molecule has 10 rings (SSSR count). The zero-order valence-corrected chi connectivity index (χ0v) is 59.5. The van der Waals surface area contributed by atoms with Gasteiger partial charge < -0.3 is 0 Å². The van der Waals surface area contributed by atoms with E-state index >= 15 is 35.1 Å². The average Bonchev–Trinajstić information content (AvgIpc) is 0.667. The molecule has 10 aromatic carbocycles. The van der Waals surface area contributed by atoms with Crippen molar-refractivity contribution >= 4 is 55.3 Å². The summed E-state index contributed by atoms with van der Waals surface area (Å²) in [5, 5.41) is 0. The van der Waals surface area contributed by atoms with Gasteiger partial charge in [0.25, 0.3) is 0 Å². The summed E-state index contributed by atoms with van der Waals surface area (Å²) < 4.78 is 475. The normalized spacial score (nSPS) is 12.1. The number of hydrogen-bond acceptors (Lipinski definition) is 9. The van der Waals surface area contributed by atoms with E-state index in [0.29, 0.717) is 79.3 Å². The topological polar surface area (TPSA) is 83.1 Å². The molecule has 0 aliphatic carbocycles. The van der Waals surface area contributed by atoms with Crippen LogP contribution in [0.1, 0.15) is 22.3 Å². The summed E-state index contributed by atoms with van der Waals surface area (Å²) in [5.74, 6) is -64.9. The van der Waals surface area contributed by atoms with Crippen LogP contribution < -0.4 is 63.7 Å². The Labute approximate surface area is 636 Å². The van der Waals surface area contributed by atoms with Crippen molar-refractivity contribution in [3.8, 4) is 34.5 Å². The summed E-state index contributed by atoms with van der Waals surface area (Å²) in [6.07, 6.45) is -39.5. The van der Waals surface area contributed by atoms with Crippen LogP contribution in [0.15, 0.2) is 164 Å². The Morgan fingerprint density at radius 3 is 0.600 bits per heavy atom. The maximum absolute atomic E-state index is 16.0. The van der Waals surface area contributed by atoms with Crippen molar-refractivity contribution in [2.24, 2.45) is 0 Å². The number of hydrogen-bond donors (Lipinski definition) is 0. The van der Waals surface area contributed by atoms with E-state index in [2.05, 4.69) is 36.4 Å². The molecule has 0 radical (unpaired) electrons. The number of ether oxygens (including phenoxy) is 9. The Morgan fingerprint density at radius 2 is 0.391 bits per heavy atom. The summed E-state index contributed by atoms with van der Waals surface area (Å²) in [7, 11) is 0. The fourth-order valence-electron chi connectivity index (χ4n) is 11.9. The van der Waals surface area contributed by atoms with Gasteiger partial charge in [0.2, 0.25) is 0 Å². The molecule has 115 heavy (non-hydrogen) atoms. The fourth-order valence-corrected chi connectivity index (χ4v) is 16.8. The first-order valence-corrected chi connectivity index (χ1v) is 35.5. The van der Waals surface area contributed by atoms with Gasteiger partial charge in [-0.05, 0) is 0 Å². The first-order chi connectivity index (χ1) is 54.4. The van der Waals surface area contributed by atoms with Crippen molar-refractivity contribution < 1.29 is 166 Å². The van der Waals surface area contributed by atoms with Crippen molar-refractivity contribution in [3.05, 3.63) is 279 Å². The number of para-hydroxylation sites is 6. The van der Waals surface area contributed by atoms with Gasteiger partial charge in [-0.2, -0.15) is 52.7 Å². The van der Waals surface area contributed by atoms with Gasteiger partial charge in [0.15, 0.2) is 69.8 Å². The van der Waals surface area contributed by atoms with Gasteiger partial charge in [-0.1, -0.05) is 18.2 Å². The van der Waals surface area contributed by atoms with Crippen molar-refractivity contribution in [2.75, 3.05) is 79.3 Å². The van der Waals surface area contributed by atoms with E-state index in [1.165, 1.54) is 0 Å².